The number of hydrogen-bond donors (Lipinski definition) is 1. The molecule has 0 bridgehead atoms. The molecular formula is C23H25N3O3. The SMILES string of the molecule is CC(=O)c1cn(CC(=O)N2CCC(O)(c3ccc(C)cn3)CC2)c2ccccc12. The fourth-order valence-electron chi connectivity index (χ4n) is 4.03. The number of rotatable bonds is 4. The van der Waals surface area contributed by atoms with E-state index in [4.69, 9.17) is 0 Å². The van der Waals surface area contributed by atoms with Gasteiger partial charge in [-0.3, -0.25) is 14.6 Å². The van der Waals surface area contributed by atoms with E-state index in [2.05, 4.69) is 4.98 Å². The zero-order valence-corrected chi connectivity index (χ0v) is 16.8. The van der Waals surface area contributed by atoms with Crippen molar-refractivity contribution >= 4 is 22.6 Å². The number of amides is 1. The molecule has 4 rings (SSSR count). The number of fused-ring (bicyclic) bond motifs is 1. The molecule has 1 saturated heterocycles. The lowest BCUT2D eigenvalue weighted by atomic mass is 9.87. The van der Waals surface area contributed by atoms with Crippen LogP contribution in [0.2, 0.25) is 0 Å². The number of piperidine rings is 1. The number of carbonyl (C=O) groups excluding carboxylic acids is 2. The number of hydrogen-bond acceptors (Lipinski definition) is 4. The van der Waals surface area contributed by atoms with Crippen molar-refractivity contribution in [2.75, 3.05) is 13.1 Å². The van der Waals surface area contributed by atoms with Gasteiger partial charge < -0.3 is 14.6 Å². The minimum atomic E-state index is -0.994. The van der Waals surface area contributed by atoms with Gasteiger partial charge in [0.05, 0.1) is 5.69 Å². The molecule has 0 radical (unpaired) electrons. The molecule has 3 heterocycles. The molecule has 1 aliphatic rings. The van der Waals surface area contributed by atoms with Crippen LogP contribution in [-0.2, 0) is 16.9 Å². The Labute approximate surface area is 169 Å². The summed E-state index contributed by atoms with van der Waals surface area (Å²) >= 11 is 0. The molecule has 1 N–H and O–H groups in total. The monoisotopic (exact) mass is 391 g/mol. The Morgan fingerprint density at radius 3 is 2.52 bits per heavy atom. The zero-order valence-electron chi connectivity index (χ0n) is 16.8. The molecular weight excluding hydrogens is 366 g/mol. The second-order valence-corrected chi connectivity index (χ2v) is 7.88. The number of pyridine rings is 1. The summed E-state index contributed by atoms with van der Waals surface area (Å²) in [4.78, 5) is 31.0. The summed E-state index contributed by atoms with van der Waals surface area (Å²) in [5.41, 5.74) is 2.23. The Kier molecular flexibility index (Phi) is 4.96. The largest absolute Gasteiger partial charge is 0.383 e. The van der Waals surface area contributed by atoms with E-state index in [1.54, 1.807) is 24.2 Å². The Morgan fingerprint density at radius 2 is 1.86 bits per heavy atom. The lowest BCUT2D eigenvalue weighted by molar-refractivity contribution is -0.136. The number of aromatic nitrogens is 2. The number of ketones is 1. The van der Waals surface area contributed by atoms with Crippen LogP contribution in [0, 0.1) is 6.92 Å². The highest BCUT2D eigenvalue weighted by molar-refractivity contribution is 6.07. The van der Waals surface area contributed by atoms with Crippen molar-refractivity contribution in [3.05, 3.63) is 65.6 Å². The molecule has 0 spiro atoms. The molecule has 0 unspecified atom stereocenters. The van der Waals surface area contributed by atoms with Crippen LogP contribution in [0.5, 0.6) is 0 Å². The number of carbonyl (C=O) groups is 2. The van der Waals surface area contributed by atoms with E-state index < -0.39 is 5.60 Å². The van der Waals surface area contributed by atoms with Crippen LogP contribution in [0.15, 0.2) is 48.8 Å². The van der Waals surface area contributed by atoms with Gasteiger partial charge >= 0.3 is 0 Å². The van der Waals surface area contributed by atoms with Crippen molar-refractivity contribution in [1.29, 1.82) is 0 Å². The van der Waals surface area contributed by atoms with Gasteiger partial charge in [-0.2, -0.15) is 0 Å². The normalized spacial score (nSPS) is 16.2. The topological polar surface area (TPSA) is 75.4 Å². The third-order valence-corrected chi connectivity index (χ3v) is 5.80. The second kappa shape index (κ2) is 7.44. The smallest absolute Gasteiger partial charge is 0.242 e. The molecule has 1 fully saturated rings. The summed E-state index contributed by atoms with van der Waals surface area (Å²) < 4.78 is 1.84. The standard InChI is InChI=1S/C23H25N3O3/c1-16-7-8-21(24-13-16)23(29)9-11-25(12-10-23)22(28)15-26-14-19(17(2)27)18-5-3-4-6-20(18)26/h3-8,13-14,29H,9-12,15H2,1-2H3. The molecule has 2 aromatic heterocycles. The molecule has 0 saturated carbocycles. The molecule has 0 atom stereocenters. The Morgan fingerprint density at radius 1 is 1.14 bits per heavy atom. The maximum atomic E-state index is 12.9. The van der Waals surface area contributed by atoms with Crippen LogP contribution < -0.4 is 0 Å². The van der Waals surface area contributed by atoms with Gasteiger partial charge in [0.1, 0.15) is 12.1 Å². The Hall–Kier alpha value is -2.99. The van der Waals surface area contributed by atoms with Crippen LogP contribution in [0.4, 0.5) is 0 Å². The number of nitrogens with zero attached hydrogens (tertiary/aromatic N) is 3. The number of para-hydroxylation sites is 1. The summed E-state index contributed by atoms with van der Waals surface area (Å²) in [7, 11) is 0. The number of benzene rings is 1. The number of likely N-dealkylation sites (tertiary alicyclic amines) is 1. The van der Waals surface area contributed by atoms with Gasteiger partial charge in [-0.05, 0) is 44.4 Å². The fraction of sp³-hybridized carbons (Fsp3) is 0.348. The van der Waals surface area contributed by atoms with Crippen molar-refractivity contribution in [1.82, 2.24) is 14.5 Å². The average Bonchev–Trinajstić information content (AvgIpc) is 3.08. The van der Waals surface area contributed by atoms with Crippen molar-refractivity contribution in [3.8, 4) is 0 Å². The van der Waals surface area contributed by atoms with Crippen molar-refractivity contribution < 1.29 is 14.7 Å². The van der Waals surface area contributed by atoms with E-state index in [1.807, 2.05) is 47.9 Å². The summed E-state index contributed by atoms with van der Waals surface area (Å²) in [6, 6.07) is 11.4. The number of aliphatic hydroxyl groups is 1. The third kappa shape index (κ3) is 3.68. The van der Waals surface area contributed by atoms with E-state index in [-0.39, 0.29) is 18.2 Å². The molecule has 150 valence electrons. The van der Waals surface area contributed by atoms with Crippen molar-refractivity contribution in [2.24, 2.45) is 0 Å². The quantitative estimate of drug-likeness (QED) is 0.694. The highest BCUT2D eigenvalue weighted by Crippen LogP contribution is 2.32. The maximum absolute atomic E-state index is 12.9. The van der Waals surface area contributed by atoms with Gasteiger partial charge in [-0.15, -0.1) is 0 Å². The average molecular weight is 391 g/mol. The first-order chi connectivity index (χ1) is 13.9. The van der Waals surface area contributed by atoms with E-state index in [0.29, 0.717) is 37.2 Å². The molecule has 6 heteroatoms. The van der Waals surface area contributed by atoms with Crippen LogP contribution in [0.3, 0.4) is 0 Å². The first-order valence-electron chi connectivity index (χ1n) is 9.89. The highest BCUT2D eigenvalue weighted by Gasteiger charge is 2.36. The molecule has 6 nitrogen and oxygen atoms in total. The van der Waals surface area contributed by atoms with Crippen LogP contribution in [0.1, 0.15) is 41.4 Å². The maximum Gasteiger partial charge on any atom is 0.242 e. The summed E-state index contributed by atoms with van der Waals surface area (Å²) in [6.07, 6.45) is 4.44. The number of Topliss-reactive ketones (excluding diaryl/α,β-unsaturated/α-hetero) is 1. The van der Waals surface area contributed by atoms with Gasteiger partial charge in [-0.25, -0.2) is 0 Å². The third-order valence-electron chi connectivity index (χ3n) is 5.80. The zero-order chi connectivity index (χ0) is 20.6. The first-order valence-corrected chi connectivity index (χ1v) is 9.89. The number of aryl methyl sites for hydroxylation is 1. The summed E-state index contributed by atoms with van der Waals surface area (Å²) in [5.74, 6) is -0.0270. The molecule has 3 aromatic rings. The minimum Gasteiger partial charge on any atom is -0.383 e. The predicted molar refractivity (Wildman–Crippen MR) is 111 cm³/mol. The van der Waals surface area contributed by atoms with Crippen molar-refractivity contribution in [3.63, 3.8) is 0 Å². The lowest BCUT2D eigenvalue weighted by Crippen LogP contribution is -2.46. The second-order valence-electron chi connectivity index (χ2n) is 7.88. The van der Waals surface area contributed by atoms with Gasteiger partial charge in [0.15, 0.2) is 5.78 Å². The predicted octanol–water partition coefficient (Wildman–Crippen LogP) is 3.06. The van der Waals surface area contributed by atoms with Gasteiger partial charge in [0.2, 0.25) is 5.91 Å². The van der Waals surface area contributed by atoms with E-state index >= 15 is 0 Å². The van der Waals surface area contributed by atoms with Crippen LogP contribution in [0.25, 0.3) is 10.9 Å². The molecule has 29 heavy (non-hydrogen) atoms. The summed E-state index contributed by atoms with van der Waals surface area (Å²) in [5, 5.41) is 11.9. The Balaban J connectivity index is 1.48. The van der Waals surface area contributed by atoms with Gasteiger partial charge in [0.25, 0.3) is 0 Å². The van der Waals surface area contributed by atoms with Crippen LogP contribution >= 0.6 is 0 Å². The highest BCUT2D eigenvalue weighted by atomic mass is 16.3. The Bertz CT molecular complexity index is 1060. The van der Waals surface area contributed by atoms with Gasteiger partial charge in [0, 0.05) is 41.9 Å². The summed E-state index contributed by atoms with van der Waals surface area (Å²) in [6.45, 7) is 4.63. The van der Waals surface area contributed by atoms with E-state index in [1.165, 1.54) is 0 Å². The van der Waals surface area contributed by atoms with E-state index in [9.17, 15) is 14.7 Å². The molecule has 1 amide bonds. The van der Waals surface area contributed by atoms with Crippen LogP contribution in [-0.4, -0.2) is 44.3 Å². The van der Waals surface area contributed by atoms with Crippen molar-refractivity contribution in [2.45, 2.75) is 38.8 Å². The fourth-order valence-corrected chi connectivity index (χ4v) is 4.03. The molecule has 1 aromatic carbocycles. The first kappa shape index (κ1) is 19.3. The van der Waals surface area contributed by atoms with Gasteiger partial charge in [-0.1, -0.05) is 24.3 Å². The lowest BCUT2D eigenvalue weighted by Gasteiger charge is -2.38. The molecule has 1 aliphatic heterocycles. The van der Waals surface area contributed by atoms with E-state index in [0.717, 1.165) is 16.5 Å². The molecule has 0 aliphatic carbocycles. The minimum absolute atomic E-state index is 0.0129.